The number of carbonyl (C=O) groups is 1. The highest BCUT2D eigenvalue weighted by Crippen LogP contribution is 2.08. The molecular formula is C14H28N2O7. The van der Waals surface area contributed by atoms with Gasteiger partial charge in [-0.2, -0.15) is 0 Å². The molecule has 0 aromatic carbocycles. The Morgan fingerprint density at radius 3 is 2.04 bits per heavy atom. The second kappa shape index (κ2) is 15.2. The Kier molecular flexibility index (Phi) is 15.6. The third-order valence-electron chi connectivity index (χ3n) is 3.28. The monoisotopic (exact) mass is 336 g/mol. The summed E-state index contributed by atoms with van der Waals surface area (Å²) in [5.41, 5.74) is 0. The zero-order valence-electron chi connectivity index (χ0n) is 13.7. The van der Waals surface area contributed by atoms with Crippen molar-refractivity contribution in [3.05, 3.63) is 28.0 Å². The molecule has 2 N–H and O–H groups in total. The maximum Gasteiger partial charge on any atom is 0.330 e. The third-order valence-corrected chi connectivity index (χ3v) is 3.28. The van der Waals surface area contributed by atoms with Crippen molar-refractivity contribution >= 4 is 5.97 Å². The minimum Gasteiger partial charge on any atom is -0.463 e. The van der Waals surface area contributed by atoms with Gasteiger partial charge in [0, 0.05) is 6.08 Å². The summed E-state index contributed by atoms with van der Waals surface area (Å²) in [5.74, 6) is -0.366. The van der Waals surface area contributed by atoms with E-state index in [1.165, 1.54) is 6.08 Å². The molecule has 0 rings (SSSR count). The predicted molar refractivity (Wildman–Crippen MR) is 84.9 cm³/mol. The molecule has 0 fully saturated rings. The average Bonchev–Trinajstić information content (AvgIpc) is 2.46. The van der Waals surface area contributed by atoms with Crippen LogP contribution in [0.2, 0.25) is 0 Å². The van der Waals surface area contributed by atoms with Gasteiger partial charge in [0.2, 0.25) is 0 Å². The Hall–Kier alpha value is -1.71. The molecule has 0 aliphatic rings. The Bertz CT molecular complexity index is 327. The lowest BCUT2D eigenvalue weighted by Gasteiger charge is -2.33. The van der Waals surface area contributed by atoms with Gasteiger partial charge in [0.05, 0.1) is 38.5 Å². The van der Waals surface area contributed by atoms with Crippen LogP contribution in [0.15, 0.2) is 12.7 Å². The summed E-state index contributed by atoms with van der Waals surface area (Å²) in [7, 11) is 2.05. The van der Waals surface area contributed by atoms with E-state index in [-0.39, 0.29) is 19.2 Å². The van der Waals surface area contributed by atoms with E-state index in [4.69, 9.17) is 30.3 Å². The molecule has 0 spiro atoms. The summed E-state index contributed by atoms with van der Waals surface area (Å²) >= 11 is 0. The van der Waals surface area contributed by atoms with E-state index in [0.29, 0.717) is 24.2 Å². The number of quaternary nitrogens is 1. The fourth-order valence-corrected chi connectivity index (χ4v) is 2.00. The van der Waals surface area contributed by atoms with Crippen molar-refractivity contribution < 1.29 is 29.3 Å². The molecule has 0 saturated heterocycles. The fraction of sp³-hybridized carbons (Fsp3) is 0.786. The molecule has 9 heteroatoms. The highest BCUT2D eigenvalue weighted by Gasteiger charge is 2.19. The summed E-state index contributed by atoms with van der Waals surface area (Å²) in [6.45, 7) is 6.38. The van der Waals surface area contributed by atoms with Gasteiger partial charge < -0.3 is 34.8 Å². The van der Waals surface area contributed by atoms with Crippen LogP contribution < -0.4 is 0 Å². The topological polar surface area (TPSA) is 133 Å². The van der Waals surface area contributed by atoms with Crippen LogP contribution in [-0.4, -0.2) is 72.3 Å². The molecule has 9 nitrogen and oxygen atoms in total. The molecule has 0 atom stereocenters. The SMILES string of the molecule is C=CC(=O)OCCCCCC[N+](C)(CCO)CCO.O=[N+]([O-])[O-]. The fourth-order valence-electron chi connectivity index (χ4n) is 2.00. The maximum atomic E-state index is 10.8. The van der Waals surface area contributed by atoms with Crippen LogP contribution in [0.25, 0.3) is 0 Å². The Morgan fingerprint density at radius 2 is 1.61 bits per heavy atom. The van der Waals surface area contributed by atoms with Crippen molar-refractivity contribution in [2.24, 2.45) is 0 Å². The van der Waals surface area contributed by atoms with Gasteiger partial charge >= 0.3 is 5.97 Å². The zero-order chi connectivity index (χ0) is 18.1. The summed E-state index contributed by atoms with van der Waals surface area (Å²) in [6.07, 6.45) is 5.17. The number of hydrogen-bond acceptors (Lipinski definition) is 7. The average molecular weight is 336 g/mol. The van der Waals surface area contributed by atoms with Gasteiger partial charge in [-0.15, -0.1) is 0 Å². The molecule has 0 radical (unpaired) electrons. The van der Waals surface area contributed by atoms with E-state index in [1.807, 2.05) is 0 Å². The summed E-state index contributed by atoms with van der Waals surface area (Å²) < 4.78 is 5.60. The minimum absolute atomic E-state index is 0.147. The number of nitrogens with zero attached hydrogens (tertiary/aromatic N) is 2. The molecule has 0 aromatic heterocycles. The Balaban J connectivity index is 0. The van der Waals surface area contributed by atoms with Crippen LogP contribution in [0.5, 0.6) is 0 Å². The summed E-state index contributed by atoms with van der Waals surface area (Å²) in [4.78, 5) is 19.0. The minimum atomic E-state index is -1.75. The van der Waals surface area contributed by atoms with E-state index >= 15 is 0 Å². The number of aliphatic hydroxyl groups is 2. The predicted octanol–water partition coefficient (Wildman–Crippen LogP) is 0.468. The van der Waals surface area contributed by atoms with Crippen molar-refractivity contribution in [3.63, 3.8) is 0 Å². The van der Waals surface area contributed by atoms with Gasteiger partial charge in [0.25, 0.3) is 0 Å². The quantitative estimate of drug-likeness (QED) is 0.132. The van der Waals surface area contributed by atoms with Crippen molar-refractivity contribution in [1.82, 2.24) is 0 Å². The van der Waals surface area contributed by atoms with Crippen LogP contribution >= 0.6 is 0 Å². The molecule has 136 valence electrons. The maximum absolute atomic E-state index is 10.8. The first-order valence-electron chi connectivity index (χ1n) is 7.47. The number of hydrogen-bond donors (Lipinski definition) is 2. The molecule has 0 aliphatic carbocycles. The first-order valence-corrected chi connectivity index (χ1v) is 7.47. The normalized spacial score (nSPS) is 10.4. The Labute approximate surface area is 136 Å². The lowest BCUT2D eigenvalue weighted by molar-refractivity contribution is -0.910. The van der Waals surface area contributed by atoms with Crippen molar-refractivity contribution in [2.45, 2.75) is 25.7 Å². The number of unbranched alkanes of at least 4 members (excludes halogenated alkanes) is 3. The number of likely N-dealkylation sites (N-methyl/N-ethyl adjacent to an activating group) is 1. The van der Waals surface area contributed by atoms with Gasteiger partial charge in [-0.3, -0.25) is 0 Å². The molecule has 23 heavy (non-hydrogen) atoms. The lowest BCUT2D eigenvalue weighted by atomic mass is 10.2. The molecule has 0 heterocycles. The van der Waals surface area contributed by atoms with E-state index in [1.54, 1.807) is 0 Å². The first-order chi connectivity index (χ1) is 10.8. The van der Waals surface area contributed by atoms with E-state index in [0.717, 1.165) is 32.2 Å². The largest absolute Gasteiger partial charge is 0.463 e. The molecule has 0 unspecified atom stereocenters. The van der Waals surface area contributed by atoms with E-state index in [9.17, 15) is 4.79 Å². The Morgan fingerprint density at radius 1 is 1.13 bits per heavy atom. The molecule has 0 aromatic rings. The molecular weight excluding hydrogens is 308 g/mol. The smallest absolute Gasteiger partial charge is 0.330 e. The van der Waals surface area contributed by atoms with Gasteiger partial charge in [0.1, 0.15) is 13.1 Å². The van der Waals surface area contributed by atoms with Crippen LogP contribution in [-0.2, 0) is 9.53 Å². The van der Waals surface area contributed by atoms with Gasteiger partial charge in [-0.25, -0.2) is 4.79 Å². The number of ether oxygens (including phenoxy) is 1. The lowest BCUT2D eigenvalue weighted by Crippen LogP contribution is -2.48. The molecule has 0 amide bonds. The van der Waals surface area contributed by atoms with Gasteiger partial charge in [-0.05, 0) is 25.7 Å². The van der Waals surface area contributed by atoms with Crippen LogP contribution in [0.4, 0.5) is 0 Å². The molecule has 0 bridgehead atoms. The number of rotatable bonds is 12. The zero-order valence-corrected chi connectivity index (χ0v) is 13.7. The number of esters is 1. The second-order valence-electron chi connectivity index (χ2n) is 5.25. The van der Waals surface area contributed by atoms with E-state index in [2.05, 4.69) is 13.6 Å². The third kappa shape index (κ3) is 18.2. The van der Waals surface area contributed by atoms with Crippen molar-refractivity contribution in [1.29, 1.82) is 0 Å². The van der Waals surface area contributed by atoms with E-state index < -0.39 is 5.09 Å². The number of aliphatic hydroxyl groups excluding tert-OH is 2. The van der Waals surface area contributed by atoms with Gasteiger partial charge in [0.15, 0.2) is 0 Å². The number of carbonyl (C=O) groups excluding carboxylic acids is 1. The van der Waals surface area contributed by atoms with Crippen LogP contribution in [0.3, 0.4) is 0 Å². The van der Waals surface area contributed by atoms with Gasteiger partial charge in [-0.1, -0.05) is 6.58 Å². The van der Waals surface area contributed by atoms with Crippen LogP contribution in [0.1, 0.15) is 25.7 Å². The highest BCUT2D eigenvalue weighted by atomic mass is 16.9. The summed E-state index contributed by atoms with van der Waals surface area (Å²) in [6, 6.07) is 0. The highest BCUT2D eigenvalue weighted by molar-refractivity contribution is 5.81. The summed E-state index contributed by atoms with van der Waals surface area (Å²) in [5, 5.41) is 32.8. The van der Waals surface area contributed by atoms with Crippen LogP contribution in [0, 0.1) is 15.3 Å². The van der Waals surface area contributed by atoms with Crippen molar-refractivity contribution in [3.8, 4) is 0 Å². The second-order valence-corrected chi connectivity index (χ2v) is 5.25. The van der Waals surface area contributed by atoms with Crippen molar-refractivity contribution in [2.75, 3.05) is 46.5 Å². The molecule has 0 aliphatic heterocycles. The standard InChI is InChI=1S/C14H28NO4.NO3/c1-3-14(18)19-13-7-5-4-6-8-15(2,9-11-16)10-12-17;2-1(3)4/h3,16-17H,1,4-13H2,2H3;/q+1;-1. The first kappa shape index (κ1) is 23.6. The molecule has 0 saturated carbocycles.